The molecular formula is C46H70O18. The molecule has 0 atom stereocenters. The highest BCUT2D eigenvalue weighted by Gasteiger charge is 2.29. The molecule has 0 aliphatic heterocycles. The maximum absolute atomic E-state index is 6.28. The Morgan fingerprint density at radius 2 is 0.516 bits per heavy atom. The van der Waals surface area contributed by atoms with Gasteiger partial charge in [-0.1, -0.05) is 12.8 Å². The zero-order valence-corrected chi connectivity index (χ0v) is 39.8. The van der Waals surface area contributed by atoms with Crippen molar-refractivity contribution >= 4 is 0 Å². The molecule has 0 aliphatic rings. The van der Waals surface area contributed by atoms with Gasteiger partial charge in [0.15, 0.2) is 110 Å². The Hall–Kier alpha value is -4.98. The normalized spacial score (nSPS) is 10.9. The first kappa shape index (κ1) is 53.4. The lowest BCUT2D eigenvalue weighted by Gasteiger charge is -2.24. The van der Waals surface area contributed by atoms with E-state index in [-0.39, 0.29) is 40.8 Å². The van der Waals surface area contributed by atoms with Gasteiger partial charge in [-0.3, -0.25) is 0 Å². The van der Waals surface area contributed by atoms with Gasteiger partial charge in [-0.05, 0) is 51.4 Å². The minimum atomic E-state index is -0.0104. The summed E-state index contributed by atoms with van der Waals surface area (Å²) in [5.74, 6) is 6.14. The van der Waals surface area contributed by atoms with Crippen LogP contribution in [0.5, 0.6) is 69.0 Å². The summed E-state index contributed by atoms with van der Waals surface area (Å²) >= 11 is 0. The first-order chi connectivity index (χ1) is 31.3. The molecule has 3 aromatic rings. The van der Waals surface area contributed by atoms with Crippen molar-refractivity contribution in [2.45, 2.75) is 64.2 Å². The quantitative estimate of drug-likeness (QED) is 0.0414. The molecule has 0 amide bonds. The Labute approximate surface area is 378 Å². The highest BCUT2D eigenvalue weighted by molar-refractivity contribution is 5.67. The van der Waals surface area contributed by atoms with Crippen LogP contribution in [0, 0.1) is 0 Å². The summed E-state index contributed by atoms with van der Waals surface area (Å²) < 4.78 is 103. The standard InChI is InChI=1S/C46H70O18/c1-47-25-59-37-23-35(53-7)41(61-27-49-3)31(39(37)55-9)19-15-13-17-21-33-43(57-11)46(64-30-52-6)34(44(58-12)45(33)63-29-51-5)22-18-14-16-20-32-40(56-10)38(60-26-48-2)24-36(54-8)42(32)62-28-50-4/h23-24H,13-22,25-30H2,1-12H3. The van der Waals surface area contributed by atoms with Crippen LogP contribution in [0.2, 0.25) is 0 Å². The average molecular weight is 911 g/mol. The van der Waals surface area contributed by atoms with Crippen molar-refractivity contribution in [2.75, 3.05) is 126 Å². The Morgan fingerprint density at radius 3 is 0.781 bits per heavy atom. The van der Waals surface area contributed by atoms with Crippen molar-refractivity contribution in [3.05, 3.63) is 34.4 Å². The summed E-state index contributed by atoms with van der Waals surface area (Å²) in [6.07, 6.45) is 6.95. The molecule has 362 valence electrons. The highest BCUT2D eigenvalue weighted by atomic mass is 16.7. The molecule has 18 nitrogen and oxygen atoms in total. The minimum absolute atomic E-state index is 0.0104. The van der Waals surface area contributed by atoms with E-state index in [0.717, 1.165) is 60.8 Å². The van der Waals surface area contributed by atoms with Crippen LogP contribution in [-0.2, 0) is 54.1 Å². The highest BCUT2D eigenvalue weighted by Crippen LogP contribution is 2.51. The lowest BCUT2D eigenvalue weighted by molar-refractivity contribution is 0.0437. The fourth-order valence-electron chi connectivity index (χ4n) is 7.26. The summed E-state index contributed by atoms with van der Waals surface area (Å²) in [7, 11) is 18.9. The predicted octanol–water partition coefficient (Wildman–Crippen LogP) is 7.55. The van der Waals surface area contributed by atoms with E-state index < -0.39 is 0 Å². The molecule has 0 heterocycles. The van der Waals surface area contributed by atoms with E-state index in [1.54, 1.807) is 97.5 Å². The van der Waals surface area contributed by atoms with Crippen LogP contribution in [0.1, 0.15) is 60.8 Å². The summed E-state index contributed by atoms with van der Waals surface area (Å²) in [6, 6.07) is 3.43. The molecule has 0 N–H and O–H groups in total. The molecule has 64 heavy (non-hydrogen) atoms. The van der Waals surface area contributed by atoms with Crippen molar-refractivity contribution in [1.29, 1.82) is 0 Å². The Balaban J connectivity index is 1.92. The van der Waals surface area contributed by atoms with Crippen LogP contribution < -0.4 is 56.8 Å². The van der Waals surface area contributed by atoms with Crippen molar-refractivity contribution < 1.29 is 85.3 Å². The lowest BCUT2D eigenvalue weighted by Crippen LogP contribution is -2.12. The van der Waals surface area contributed by atoms with Crippen LogP contribution in [-0.4, -0.2) is 126 Å². The van der Waals surface area contributed by atoms with Crippen LogP contribution >= 0.6 is 0 Å². The zero-order valence-electron chi connectivity index (χ0n) is 39.8. The van der Waals surface area contributed by atoms with Gasteiger partial charge in [0.25, 0.3) is 0 Å². The summed E-state index contributed by atoms with van der Waals surface area (Å²) in [4.78, 5) is 0. The predicted molar refractivity (Wildman–Crippen MR) is 236 cm³/mol. The lowest BCUT2D eigenvalue weighted by atomic mass is 9.95. The summed E-state index contributed by atoms with van der Waals surface area (Å²) in [5, 5.41) is 0. The van der Waals surface area contributed by atoms with Gasteiger partial charge in [0.2, 0.25) is 0 Å². The molecule has 0 aromatic heterocycles. The maximum Gasteiger partial charge on any atom is 0.188 e. The Kier molecular flexibility index (Phi) is 25.2. The third-order valence-corrected chi connectivity index (χ3v) is 9.94. The monoisotopic (exact) mass is 910 g/mol. The second-order valence-electron chi connectivity index (χ2n) is 13.9. The van der Waals surface area contributed by atoms with Crippen LogP contribution in [0.15, 0.2) is 12.1 Å². The topological polar surface area (TPSA) is 166 Å². The molecule has 0 fully saturated rings. The maximum atomic E-state index is 6.28. The smallest absolute Gasteiger partial charge is 0.188 e. The number of methoxy groups -OCH3 is 12. The largest absolute Gasteiger partial charge is 0.493 e. The fourth-order valence-corrected chi connectivity index (χ4v) is 7.26. The third-order valence-electron chi connectivity index (χ3n) is 9.94. The van der Waals surface area contributed by atoms with E-state index in [1.165, 1.54) is 0 Å². The number of hydrogen-bond acceptors (Lipinski definition) is 18. The first-order valence-electron chi connectivity index (χ1n) is 20.9. The molecule has 0 unspecified atom stereocenters. The van der Waals surface area contributed by atoms with Gasteiger partial charge in [0.05, 0.1) is 42.7 Å². The minimum Gasteiger partial charge on any atom is -0.493 e. The van der Waals surface area contributed by atoms with Gasteiger partial charge < -0.3 is 85.3 Å². The van der Waals surface area contributed by atoms with E-state index in [2.05, 4.69) is 0 Å². The Bertz CT molecular complexity index is 1670. The molecule has 0 spiro atoms. The van der Waals surface area contributed by atoms with Crippen molar-refractivity contribution in [3.8, 4) is 69.0 Å². The molecule has 0 bridgehead atoms. The molecule has 0 aliphatic carbocycles. The molecule has 18 heteroatoms. The third kappa shape index (κ3) is 14.5. The number of benzene rings is 3. The summed E-state index contributed by atoms with van der Waals surface area (Å²) in [5.41, 5.74) is 3.14. The number of ether oxygens (including phenoxy) is 18. The van der Waals surface area contributed by atoms with Crippen LogP contribution in [0.4, 0.5) is 0 Å². The van der Waals surface area contributed by atoms with Gasteiger partial charge in [-0.25, -0.2) is 0 Å². The number of hydrogen-bond donors (Lipinski definition) is 0. The molecule has 0 saturated carbocycles. The summed E-state index contributed by atoms with van der Waals surface area (Å²) in [6.45, 7) is 0.0914. The Morgan fingerprint density at radius 1 is 0.250 bits per heavy atom. The van der Waals surface area contributed by atoms with E-state index in [9.17, 15) is 0 Å². The van der Waals surface area contributed by atoms with Crippen LogP contribution in [0.25, 0.3) is 0 Å². The van der Waals surface area contributed by atoms with Gasteiger partial charge >= 0.3 is 0 Å². The molecule has 3 rings (SSSR count). The van der Waals surface area contributed by atoms with Crippen molar-refractivity contribution in [3.63, 3.8) is 0 Å². The van der Waals surface area contributed by atoms with E-state index in [1.807, 2.05) is 0 Å². The second kappa shape index (κ2) is 30.2. The second-order valence-corrected chi connectivity index (χ2v) is 13.9. The van der Waals surface area contributed by atoms with Crippen molar-refractivity contribution in [1.82, 2.24) is 0 Å². The van der Waals surface area contributed by atoms with E-state index in [0.29, 0.717) is 94.7 Å². The first-order valence-corrected chi connectivity index (χ1v) is 20.9. The van der Waals surface area contributed by atoms with E-state index >= 15 is 0 Å². The van der Waals surface area contributed by atoms with Crippen LogP contribution in [0.3, 0.4) is 0 Å². The molecule has 0 saturated heterocycles. The molecule has 0 radical (unpaired) electrons. The number of rotatable bonds is 36. The van der Waals surface area contributed by atoms with Crippen molar-refractivity contribution in [2.24, 2.45) is 0 Å². The molecule has 3 aromatic carbocycles. The van der Waals surface area contributed by atoms with Gasteiger partial charge in [0.1, 0.15) is 0 Å². The zero-order chi connectivity index (χ0) is 46.7. The molecular weight excluding hydrogens is 840 g/mol. The van der Waals surface area contributed by atoms with Gasteiger partial charge in [0, 0.05) is 77.0 Å². The van der Waals surface area contributed by atoms with Gasteiger partial charge in [-0.2, -0.15) is 0 Å². The number of unbranched alkanes of at least 4 members (excludes halogenated alkanes) is 4. The van der Waals surface area contributed by atoms with Gasteiger partial charge in [-0.15, -0.1) is 0 Å². The van der Waals surface area contributed by atoms with E-state index in [4.69, 9.17) is 85.3 Å². The average Bonchev–Trinajstić information content (AvgIpc) is 3.31. The SMILES string of the molecule is COCOc1cc(OC)c(OCOC)c(CCCCCc2c(OC)c(OCOC)c(CCCCCc3c(OC)c(OCOC)cc(OC)c3OCOC)c(OC)c2OCOC)c1OC. The fraction of sp³-hybridized carbons (Fsp3) is 0.609.